The average molecular weight is 418 g/mol. The van der Waals surface area contributed by atoms with Crippen molar-refractivity contribution >= 4 is 17.3 Å². The summed E-state index contributed by atoms with van der Waals surface area (Å²) in [6, 6.07) is 7.88. The molecule has 1 unspecified atom stereocenters. The molecule has 29 heavy (non-hydrogen) atoms. The van der Waals surface area contributed by atoms with Gasteiger partial charge < -0.3 is 15.2 Å². The Balaban J connectivity index is 2.17. The molecule has 2 rings (SSSR count). The summed E-state index contributed by atoms with van der Waals surface area (Å²) in [6.07, 6.45) is 5.24. The molecule has 0 radical (unpaired) electrons. The van der Waals surface area contributed by atoms with Gasteiger partial charge in [0.1, 0.15) is 11.8 Å². The van der Waals surface area contributed by atoms with Crippen LogP contribution in [0.5, 0.6) is 5.75 Å². The van der Waals surface area contributed by atoms with Crippen molar-refractivity contribution in [2.75, 3.05) is 6.61 Å². The fourth-order valence-corrected chi connectivity index (χ4v) is 3.06. The molecular weight excluding hydrogens is 386 g/mol. The molecular formula is C23H32ClN3O2. The largest absolute Gasteiger partial charge is 0.494 e. The third-order valence-corrected chi connectivity index (χ3v) is 5.50. The lowest BCUT2D eigenvalue weighted by atomic mass is 10.1. The fraction of sp³-hybridized carbons (Fsp3) is 0.565. The summed E-state index contributed by atoms with van der Waals surface area (Å²) in [6.45, 7) is 8.96. The number of nitriles is 1. The van der Waals surface area contributed by atoms with Gasteiger partial charge in [0.2, 0.25) is 5.88 Å². The first kappa shape index (κ1) is 23.1. The number of hydrogen-bond acceptors (Lipinski definition) is 5. The van der Waals surface area contributed by atoms with Gasteiger partial charge in [0.25, 0.3) is 0 Å². The summed E-state index contributed by atoms with van der Waals surface area (Å²) >= 11 is 6.55. The van der Waals surface area contributed by atoms with Crippen LogP contribution in [0.4, 0.5) is 0 Å². The summed E-state index contributed by atoms with van der Waals surface area (Å²) < 4.78 is 11.5. The van der Waals surface area contributed by atoms with E-state index in [-0.39, 0.29) is 5.88 Å². The van der Waals surface area contributed by atoms with E-state index >= 15 is 0 Å². The smallest absolute Gasteiger partial charge is 0.207 e. The Morgan fingerprint density at radius 3 is 2.66 bits per heavy atom. The van der Waals surface area contributed by atoms with Crippen LogP contribution in [0.15, 0.2) is 34.8 Å². The van der Waals surface area contributed by atoms with Crippen molar-refractivity contribution in [2.45, 2.75) is 71.8 Å². The van der Waals surface area contributed by atoms with E-state index in [1.807, 2.05) is 18.2 Å². The van der Waals surface area contributed by atoms with E-state index in [9.17, 15) is 5.26 Å². The molecule has 2 N–H and O–H groups in total. The standard InChI is InChI=1S/C23H32ClN3O2/c1-5-7-21(27-17(4)22(26)29-23(15-25)11-12-23)19-9-8-18(14-20(19)24)28-13-10-16(3)6-2/h8-9,14,16H,5-7,10-13,26H2,1-4H3/b22-17-,27-21?. The molecule has 1 aliphatic carbocycles. The first-order valence-electron chi connectivity index (χ1n) is 10.4. The van der Waals surface area contributed by atoms with Gasteiger partial charge >= 0.3 is 0 Å². The average Bonchev–Trinajstić information content (AvgIpc) is 3.47. The molecule has 0 saturated heterocycles. The van der Waals surface area contributed by atoms with Gasteiger partial charge in [-0.15, -0.1) is 0 Å². The Labute approximate surface area is 179 Å². The van der Waals surface area contributed by atoms with Gasteiger partial charge in [-0.05, 0) is 43.9 Å². The molecule has 1 atom stereocenters. The minimum Gasteiger partial charge on any atom is -0.494 e. The van der Waals surface area contributed by atoms with Gasteiger partial charge in [-0.2, -0.15) is 5.26 Å². The van der Waals surface area contributed by atoms with Crippen molar-refractivity contribution in [1.82, 2.24) is 0 Å². The van der Waals surface area contributed by atoms with Crippen molar-refractivity contribution in [2.24, 2.45) is 16.6 Å². The summed E-state index contributed by atoms with van der Waals surface area (Å²) in [4.78, 5) is 4.68. The Bertz CT molecular complexity index is 807. The molecule has 158 valence electrons. The van der Waals surface area contributed by atoms with Crippen LogP contribution in [0.2, 0.25) is 5.02 Å². The van der Waals surface area contributed by atoms with Crippen LogP contribution in [0.1, 0.15) is 71.8 Å². The minimum atomic E-state index is -0.766. The van der Waals surface area contributed by atoms with E-state index in [0.717, 1.165) is 42.7 Å². The Kier molecular flexibility index (Phi) is 8.40. The number of benzene rings is 1. The van der Waals surface area contributed by atoms with Crippen molar-refractivity contribution in [3.8, 4) is 11.8 Å². The van der Waals surface area contributed by atoms with Crippen LogP contribution in [-0.2, 0) is 4.74 Å². The molecule has 1 saturated carbocycles. The first-order valence-corrected chi connectivity index (χ1v) is 10.8. The molecule has 1 aliphatic rings. The van der Waals surface area contributed by atoms with E-state index < -0.39 is 5.60 Å². The molecule has 0 aliphatic heterocycles. The summed E-state index contributed by atoms with van der Waals surface area (Å²) in [7, 11) is 0. The Hall–Kier alpha value is -2.19. The molecule has 5 nitrogen and oxygen atoms in total. The second kappa shape index (κ2) is 10.5. The fourth-order valence-electron chi connectivity index (χ4n) is 2.78. The normalized spacial score (nSPS) is 17.2. The van der Waals surface area contributed by atoms with Crippen LogP contribution < -0.4 is 10.5 Å². The minimum absolute atomic E-state index is 0.193. The van der Waals surface area contributed by atoms with Crippen LogP contribution in [0.25, 0.3) is 0 Å². The molecule has 0 amide bonds. The zero-order valence-electron chi connectivity index (χ0n) is 17.9. The van der Waals surface area contributed by atoms with E-state index in [0.29, 0.717) is 36.1 Å². The lowest BCUT2D eigenvalue weighted by Crippen LogP contribution is -2.17. The highest BCUT2D eigenvalue weighted by Crippen LogP contribution is 2.40. The van der Waals surface area contributed by atoms with Gasteiger partial charge in [-0.1, -0.05) is 45.2 Å². The van der Waals surface area contributed by atoms with E-state index in [2.05, 4.69) is 31.8 Å². The number of allylic oxidation sites excluding steroid dienone is 1. The number of ether oxygens (including phenoxy) is 2. The van der Waals surface area contributed by atoms with Crippen molar-refractivity contribution in [1.29, 1.82) is 5.26 Å². The number of aliphatic imine (C=N–C) groups is 1. The third-order valence-electron chi connectivity index (χ3n) is 5.19. The maximum absolute atomic E-state index is 9.18. The Morgan fingerprint density at radius 1 is 1.38 bits per heavy atom. The van der Waals surface area contributed by atoms with Crippen LogP contribution >= 0.6 is 11.6 Å². The molecule has 0 bridgehead atoms. The Morgan fingerprint density at radius 2 is 2.10 bits per heavy atom. The highest BCUT2D eigenvalue weighted by molar-refractivity contribution is 6.34. The number of halogens is 1. The second-order valence-corrected chi connectivity index (χ2v) is 8.17. The SMILES string of the molecule is CCCC(=N/C(C)=C(/N)OC1(C#N)CC1)c1ccc(OCCC(C)CC)cc1Cl. The second-order valence-electron chi connectivity index (χ2n) is 7.76. The van der Waals surface area contributed by atoms with E-state index in [4.69, 9.17) is 26.8 Å². The molecule has 0 heterocycles. The lowest BCUT2D eigenvalue weighted by molar-refractivity contribution is 0.135. The highest BCUT2D eigenvalue weighted by atomic mass is 35.5. The number of nitrogens with two attached hydrogens (primary N) is 1. The van der Waals surface area contributed by atoms with Crippen molar-refractivity contribution < 1.29 is 9.47 Å². The van der Waals surface area contributed by atoms with Gasteiger partial charge in [-0.25, -0.2) is 0 Å². The zero-order chi connectivity index (χ0) is 21.4. The molecule has 1 aromatic rings. The predicted molar refractivity (Wildman–Crippen MR) is 118 cm³/mol. The maximum Gasteiger partial charge on any atom is 0.207 e. The molecule has 1 fully saturated rings. The van der Waals surface area contributed by atoms with Crippen molar-refractivity contribution in [3.05, 3.63) is 40.4 Å². The quantitative estimate of drug-likeness (QED) is 0.355. The number of nitrogens with zero attached hydrogens (tertiary/aromatic N) is 2. The van der Waals surface area contributed by atoms with Crippen LogP contribution in [0, 0.1) is 17.2 Å². The summed E-state index contributed by atoms with van der Waals surface area (Å²) in [5.74, 6) is 1.60. The van der Waals surface area contributed by atoms with Gasteiger partial charge in [0.05, 0.1) is 17.3 Å². The molecule has 0 aromatic heterocycles. The zero-order valence-corrected chi connectivity index (χ0v) is 18.7. The predicted octanol–water partition coefficient (Wildman–Crippen LogP) is 5.96. The maximum atomic E-state index is 9.18. The van der Waals surface area contributed by atoms with Crippen LogP contribution in [-0.4, -0.2) is 17.9 Å². The lowest BCUT2D eigenvalue weighted by Gasteiger charge is -2.14. The molecule has 1 aromatic carbocycles. The summed E-state index contributed by atoms with van der Waals surface area (Å²) in [5.41, 5.74) is 7.53. The highest BCUT2D eigenvalue weighted by Gasteiger charge is 2.46. The van der Waals surface area contributed by atoms with Gasteiger partial charge in [0, 0.05) is 24.1 Å². The third kappa shape index (κ3) is 6.68. The van der Waals surface area contributed by atoms with Gasteiger partial charge in [0.15, 0.2) is 5.60 Å². The number of rotatable bonds is 11. The molecule has 6 heteroatoms. The van der Waals surface area contributed by atoms with Gasteiger partial charge in [-0.3, -0.25) is 4.99 Å². The first-order chi connectivity index (χ1) is 13.8. The van der Waals surface area contributed by atoms with Crippen LogP contribution in [0.3, 0.4) is 0 Å². The van der Waals surface area contributed by atoms with E-state index in [1.54, 1.807) is 6.92 Å². The summed E-state index contributed by atoms with van der Waals surface area (Å²) in [5, 5.41) is 9.78. The van der Waals surface area contributed by atoms with E-state index in [1.165, 1.54) is 0 Å². The molecule has 0 spiro atoms. The monoisotopic (exact) mass is 417 g/mol. The van der Waals surface area contributed by atoms with Crippen molar-refractivity contribution in [3.63, 3.8) is 0 Å². The number of hydrogen-bond donors (Lipinski definition) is 1. The topological polar surface area (TPSA) is 80.6 Å².